The smallest absolute Gasteiger partial charge is 0.254 e. The molecule has 25 heavy (non-hydrogen) atoms. The Balaban J connectivity index is 2.03. The molecule has 0 aliphatic heterocycles. The summed E-state index contributed by atoms with van der Waals surface area (Å²) in [7, 11) is 1.64. The van der Waals surface area contributed by atoms with Gasteiger partial charge in [0.2, 0.25) is 5.91 Å². The first kappa shape index (κ1) is 19.1. The molecule has 2 rings (SSSR count). The van der Waals surface area contributed by atoms with Gasteiger partial charge < -0.3 is 10.2 Å². The molecule has 132 valence electrons. The van der Waals surface area contributed by atoms with Crippen LogP contribution in [0.2, 0.25) is 0 Å². The summed E-state index contributed by atoms with van der Waals surface area (Å²) in [6.45, 7) is 5.98. The highest BCUT2D eigenvalue weighted by Crippen LogP contribution is 2.22. The summed E-state index contributed by atoms with van der Waals surface area (Å²) in [4.78, 5) is 27.3. The summed E-state index contributed by atoms with van der Waals surface area (Å²) in [5.41, 5.74) is 4.60. The van der Waals surface area contributed by atoms with Crippen LogP contribution < -0.4 is 5.32 Å². The van der Waals surface area contributed by atoms with Gasteiger partial charge in [0.1, 0.15) is 0 Å². The normalized spacial score (nSPS) is 10.4. The summed E-state index contributed by atoms with van der Waals surface area (Å²) in [5.74, 6) is -0.369. The maximum atomic E-state index is 12.4. The Morgan fingerprint density at radius 2 is 1.60 bits per heavy atom. The van der Waals surface area contributed by atoms with Crippen LogP contribution in [0.5, 0.6) is 0 Å². The maximum absolute atomic E-state index is 12.4. The molecular formula is C20H24N2O2S. The summed E-state index contributed by atoms with van der Waals surface area (Å²) >= 11 is 1.62. The van der Waals surface area contributed by atoms with Crippen LogP contribution in [-0.4, -0.2) is 36.6 Å². The third-order valence-electron chi connectivity index (χ3n) is 4.01. The fraction of sp³-hybridized carbons (Fsp3) is 0.300. The lowest BCUT2D eigenvalue weighted by atomic mass is 10.1. The topological polar surface area (TPSA) is 49.4 Å². The number of rotatable bonds is 5. The van der Waals surface area contributed by atoms with E-state index in [9.17, 15) is 9.59 Å². The third-order valence-corrected chi connectivity index (χ3v) is 4.75. The van der Waals surface area contributed by atoms with Gasteiger partial charge in [-0.25, -0.2) is 0 Å². The van der Waals surface area contributed by atoms with E-state index in [1.165, 1.54) is 4.90 Å². The van der Waals surface area contributed by atoms with Gasteiger partial charge in [-0.2, -0.15) is 0 Å². The van der Waals surface area contributed by atoms with Gasteiger partial charge in [0.15, 0.2) is 0 Å². The van der Waals surface area contributed by atoms with E-state index >= 15 is 0 Å². The number of carbonyl (C=O) groups is 2. The van der Waals surface area contributed by atoms with Crippen LogP contribution in [0.1, 0.15) is 27.0 Å². The zero-order chi connectivity index (χ0) is 18.6. The van der Waals surface area contributed by atoms with Gasteiger partial charge in [0.05, 0.1) is 6.54 Å². The number of carbonyl (C=O) groups excluding carboxylic acids is 2. The van der Waals surface area contributed by atoms with E-state index in [0.717, 1.165) is 27.3 Å². The number of hydrogen-bond donors (Lipinski definition) is 1. The molecule has 0 unspecified atom stereocenters. The molecule has 0 heterocycles. The van der Waals surface area contributed by atoms with Crippen molar-refractivity contribution in [1.82, 2.24) is 4.90 Å². The fourth-order valence-electron chi connectivity index (χ4n) is 2.80. The van der Waals surface area contributed by atoms with E-state index in [1.54, 1.807) is 30.9 Å². The molecule has 0 aliphatic carbocycles. The number of thioether (sulfide) groups is 1. The monoisotopic (exact) mass is 356 g/mol. The Labute approximate surface area is 153 Å². The molecule has 4 nitrogen and oxygen atoms in total. The predicted molar refractivity (Wildman–Crippen MR) is 104 cm³/mol. The van der Waals surface area contributed by atoms with E-state index in [-0.39, 0.29) is 18.4 Å². The Kier molecular flexibility index (Phi) is 6.26. The second-order valence-corrected chi connectivity index (χ2v) is 7.09. The number of nitrogens with zero attached hydrogens (tertiary/aromatic N) is 1. The number of amides is 2. The van der Waals surface area contributed by atoms with Gasteiger partial charge in [-0.15, -0.1) is 11.8 Å². The van der Waals surface area contributed by atoms with Crippen LogP contribution >= 0.6 is 11.8 Å². The zero-order valence-electron chi connectivity index (χ0n) is 15.3. The molecule has 0 fully saturated rings. The van der Waals surface area contributed by atoms with Gasteiger partial charge in [0, 0.05) is 23.2 Å². The standard InChI is InChI=1S/C20H24N2O2S/c1-13-10-14(2)19(15(3)11-13)21-18(23)12-22(4)20(24)16-6-8-17(25-5)9-7-16/h6-11H,12H2,1-5H3,(H,21,23). The SMILES string of the molecule is CSc1ccc(C(=O)N(C)CC(=O)Nc2c(C)cc(C)cc2C)cc1. The minimum Gasteiger partial charge on any atom is -0.332 e. The second-order valence-electron chi connectivity index (χ2n) is 6.21. The average molecular weight is 356 g/mol. The van der Waals surface area contributed by atoms with E-state index in [2.05, 4.69) is 5.32 Å². The lowest BCUT2D eigenvalue weighted by molar-refractivity contribution is -0.116. The molecule has 0 aliphatic rings. The molecule has 0 aromatic heterocycles. The number of hydrogen-bond acceptors (Lipinski definition) is 3. The lowest BCUT2D eigenvalue weighted by Gasteiger charge is -2.18. The van der Waals surface area contributed by atoms with Crippen molar-refractivity contribution < 1.29 is 9.59 Å². The van der Waals surface area contributed by atoms with Gasteiger partial charge in [-0.3, -0.25) is 9.59 Å². The van der Waals surface area contributed by atoms with Crippen molar-refractivity contribution in [2.45, 2.75) is 25.7 Å². The van der Waals surface area contributed by atoms with Crippen LogP contribution in [0, 0.1) is 20.8 Å². The fourth-order valence-corrected chi connectivity index (χ4v) is 3.21. The highest BCUT2D eigenvalue weighted by Gasteiger charge is 2.16. The Morgan fingerprint density at radius 1 is 1.04 bits per heavy atom. The van der Waals surface area contributed by atoms with Gasteiger partial charge in [-0.1, -0.05) is 17.7 Å². The van der Waals surface area contributed by atoms with Crippen LogP contribution in [0.4, 0.5) is 5.69 Å². The third kappa shape index (κ3) is 4.86. The molecule has 2 aromatic carbocycles. The van der Waals surface area contributed by atoms with E-state index in [1.807, 2.05) is 51.3 Å². The van der Waals surface area contributed by atoms with Gasteiger partial charge in [0.25, 0.3) is 5.91 Å². The summed E-state index contributed by atoms with van der Waals surface area (Å²) in [6, 6.07) is 11.5. The molecule has 2 amide bonds. The summed E-state index contributed by atoms with van der Waals surface area (Å²) in [5, 5.41) is 2.93. The minimum absolute atomic E-state index is 0.00979. The first-order valence-electron chi connectivity index (χ1n) is 8.09. The number of likely N-dealkylation sites (N-methyl/N-ethyl adjacent to an activating group) is 1. The first-order valence-corrected chi connectivity index (χ1v) is 9.31. The number of nitrogens with one attached hydrogen (secondary N) is 1. The lowest BCUT2D eigenvalue weighted by Crippen LogP contribution is -2.35. The van der Waals surface area contributed by atoms with Gasteiger partial charge >= 0.3 is 0 Å². The molecule has 5 heteroatoms. The van der Waals surface area contributed by atoms with Crippen LogP contribution in [0.25, 0.3) is 0 Å². The number of aryl methyl sites for hydroxylation is 3. The average Bonchev–Trinajstić information content (AvgIpc) is 2.57. The van der Waals surface area contributed by atoms with Crippen molar-refractivity contribution in [3.8, 4) is 0 Å². The summed E-state index contributed by atoms with van der Waals surface area (Å²) < 4.78 is 0. The largest absolute Gasteiger partial charge is 0.332 e. The van der Waals surface area contributed by atoms with Crippen molar-refractivity contribution in [3.63, 3.8) is 0 Å². The van der Waals surface area contributed by atoms with Crippen molar-refractivity contribution in [1.29, 1.82) is 0 Å². The van der Waals surface area contributed by atoms with Crippen molar-refractivity contribution in [2.75, 3.05) is 25.2 Å². The molecule has 2 aromatic rings. The molecule has 0 bridgehead atoms. The Morgan fingerprint density at radius 3 is 2.12 bits per heavy atom. The molecule has 1 N–H and O–H groups in total. The van der Waals surface area contributed by atoms with Crippen molar-refractivity contribution in [2.24, 2.45) is 0 Å². The molecule has 0 atom stereocenters. The molecule has 0 spiro atoms. The number of anilines is 1. The maximum Gasteiger partial charge on any atom is 0.254 e. The quantitative estimate of drug-likeness (QED) is 0.823. The van der Waals surface area contributed by atoms with E-state index in [4.69, 9.17) is 0 Å². The van der Waals surface area contributed by atoms with Crippen LogP contribution in [-0.2, 0) is 4.79 Å². The summed E-state index contributed by atoms with van der Waals surface area (Å²) in [6.07, 6.45) is 1.99. The van der Waals surface area contributed by atoms with Crippen LogP contribution in [0.15, 0.2) is 41.3 Å². The molecule has 0 saturated heterocycles. The number of benzene rings is 2. The van der Waals surface area contributed by atoms with Crippen molar-refractivity contribution in [3.05, 3.63) is 58.7 Å². The highest BCUT2D eigenvalue weighted by atomic mass is 32.2. The first-order chi connectivity index (χ1) is 11.8. The molecule has 0 saturated carbocycles. The van der Waals surface area contributed by atoms with E-state index in [0.29, 0.717) is 5.56 Å². The Bertz CT molecular complexity index is 762. The highest BCUT2D eigenvalue weighted by molar-refractivity contribution is 7.98. The second kappa shape index (κ2) is 8.21. The van der Waals surface area contributed by atoms with Crippen LogP contribution in [0.3, 0.4) is 0 Å². The molecule has 0 radical (unpaired) electrons. The minimum atomic E-state index is -0.202. The van der Waals surface area contributed by atoms with E-state index < -0.39 is 0 Å². The molecular weight excluding hydrogens is 332 g/mol. The van der Waals surface area contributed by atoms with Gasteiger partial charge in [-0.05, 0) is 62.4 Å². The Hall–Kier alpha value is -2.27. The van der Waals surface area contributed by atoms with Crippen molar-refractivity contribution >= 4 is 29.3 Å². The predicted octanol–water partition coefficient (Wildman–Crippen LogP) is 4.04. The zero-order valence-corrected chi connectivity index (χ0v) is 16.2.